The molecule has 3 aromatic carbocycles. The number of carbonyl (C=O) groups excluding carboxylic acids is 1. The van der Waals surface area contributed by atoms with Crippen molar-refractivity contribution in [2.45, 2.75) is 4.90 Å². The van der Waals surface area contributed by atoms with Crippen molar-refractivity contribution in [3.8, 4) is 5.75 Å². The quantitative estimate of drug-likeness (QED) is 0.292. The number of hydrogen-bond acceptors (Lipinski definition) is 7. The van der Waals surface area contributed by atoms with Gasteiger partial charge in [0.05, 0.1) is 16.0 Å². The molecule has 3 aromatic rings. The Kier molecular flexibility index (Phi) is 6.26. The number of nitro benzene ring substituents is 1. The minimum atomic E-state index is -3.75. The summed E-state index contributed by atoms with van der Waals surface area (Å²) >= 11 is 0. The second-order valence-corrected chi connectivity index (χ2v) is 7.88. The third kappa shape index (κ3) is 5.42. The Morgan fingerprint density at radius 1 is 1.03 bits per heavy atom. The summed E-state index contributed by atoms with van der Waals surface area (Å²) in [6, 6.07) is 16.9. The van der Waals surface area contributed by atoms with Gasteiger partial charge in [-0.2, -0.15) is 5.10 Å². The summed E-state index contributed by atoms with van der Waals surface area (Å²) in [6.45, 7) is 0. The van der Waals surface area contributed by atoms with Gasteiger partial charge in [-0.15, -0.1) is 0 Å². The summed E-state index contributed by atoms with van der Waals surface area (Å²) in [5.41, 5.74) is 2.51. The van der Waals surface area contributed by atoms with Crippen LogP contribution in [0.4, 0.5) is 11.4 Å². The van der Waals surface area contributed by atoms with E-state index in [0.29, 0.717) is 0 Å². The van der Waals surface area contributed by atoms with Crippen molar-refractivity contribution in [3.05, 3.63) is 94.0 Å². The maximum Gasteiger partial charge on any atom is 0.271 e. The van der Waals surface area contributed by atoms with Crippen LogP contribution in [0.2, 0.25) is 0 Å². The molecule has 0 aromatic heterocycles. The van der Waals surface area contributed by atoms with Crippen molar-refractivity contribution < 1.29 is 23.2 Å². The van der Waals surface area contributed by atoms with Crippen LogP contribution in [0.15, 0.2) is 82.8 Å². The second-order valence-electron chi connectivity index (χ2n) is 6.20. The molecule has 0 heterocycles. The summed E-state index contributed by atoms with van der Waals surface area (Å²) in [4.78, 5) is 22.5. The minimum Gasteiger partial charge on any atom is -0.507 e. The highest BCUT2D eigenvalue weighted by Gasteiger charge is 2.14. The number of benzene rings is 3. The highest BCUT2D eigenvalue weighted by molar-refractivity contribution is 7.92. The Labute approximate surface area is 177 Å². The van der Waals surface area contributed by atoms with Crippen molar-refractivity contribution in [2.24, 2.45) is 5.10 Å². The first-order chi connectivity index (χ1) is 14.8. The summed E-state index contributed by atoms with van der Waals surface area (Å²) in [5.74, 6) is -0.836. The number of anilines is 1. The van der Waals surface area contributed by atoms with Gasteiger partial charge in [0.1, 0.15) is 5.75 Å². The average Bonchev–Trinajstić information content (AvgIpc) is 2.75. The first kappa shape index (κ1) is 21.5. The Hall–Kier alpha value is -4.25. The lowest BCUT2D eigenvalue weighted by Crippen LogP contribution is -2.18. The minimum absolute atomic E-state index is 0.0557. The molecule has 0 bridgehead atoms. The van der Waals surface area contributed by atoms with Crippen LogP contribution >= 0.6 is 0 Å². The van der Waals surface area contributed by atoms with E-state index in [0.717, 1.165) is 24.4 Å². The number of non-ortho nitro benzene ring substituents is 1. The topological polar surface area (TPSA) is 151 Å². The highest BCUT2D eigenvalue weighted by Crippen LogP contribution is 2.21. The number of carbonyl (C=O) groups is 1. The molecule has 31 heavy (non-hydrogen) atoms. The fraction of sp³-hybridized carbons (Fsp3) is 0. The molecule has 0 aliphatic heterocycles. The molecular formula is C20H16N4O6S. The molecule has 0 aliphatic rings. The molecule has 0 fully saturated rings. The van der Waals surface area contributed by atoms with Crippen LogP contribution in [0.25, 0.3) is 0 Å². The van der Waals surface area contributed by atoms with Crippen molar-refractivity contribution in [3.63, 3.8) is 0 Å². The SMILES string of the molecule is O=C(N/N=C\c1cc([N+](=O)[O-])ccc1O)c1ccc(NS(=O)(=O)c2ccccc2)cc1. The number of nitrogens with zero attached hydrogens (tertiary/aromatic N) is 2. The predicted molar refractivity (Wildman–Crippen MR) is 114 cm³/mol. The van der Waals surface area contributed by atoms with Crippen LogP contribution in [-0.2, 0) is 10.0 Å². The lowest BCUT2D eigenvalue weighted by Gasteiger charge is -2.08. The number of rotatable bonds is 7. The van der Waals surface area contributed by atoms with Gasteiger partial charge in [0, 0.05) is 28.9 Å². The molecular weight excluding hydrogens is 424 g/mol. The van der Waals surface area contributed by atoms with Crippen LogP contribution in [0.5, 0.6) is 5.75 Å². The molecule has 0 saturated carbocycles. The Balaban J connectivity index is 1.65. The van der Waals surface area contributed by atoms with Gasteiger partial charge in [-0.25, -0.2) is 13.8 Å². The van der Waals surface area contributed by atoms with E-state index in [2.05, 4.69) is 15.2 Å². The standard InChI is InChI=1S/C20H16N4O6S/c25-19-11-10-17(24(27)28)12-15(19)13-21-22-20(26)14-6-8-16(9-7-14)23-31(29,30)18-4-2-1-3-5-18/h1-13,23,25H,(H,22,26)/b21-13-. The molecule has 11 heteroatoms. The van der Waals surface area contributed by atoms with Crippen LogP contribution in [0.3, 0.4) is 0 Å². The predicted octanol–water partition coefficient (Wildman–Crippen LogP) is 2.87. The Morgan fingerprint density at radius 3 is 2.35 bits per heavy atom. The van der Waals surface area contributed by atoms with E-state index in [1.54, 1.807) is 18.2 Å². The van der Waals surface area contributed by atoms with Crippen molar-refractivity contribution in [1.82, 2.24) is 5.43 Å². The molecule has 0 spiro atoms. The zero-order valence-electron chi connectivity index (χ0n) is 15.8. The molecule has 10 nitrogen and oxygen atoms in total. The van der Waals surface area contributed by atoms with E-state index in [-0.39, 0.29) is 33.1 Å². The lowest BCUT2D eigenvalue weighted by atomic mass is 10.2. The van der Waals surface area contributed by atoms with E-state index < -0.39 is 20.9 Å². The van der Waals surface area contributed by atoms with Gasteiger partial charge in [0.2, 0.25) is 0 Å². The van der Waals surface area contributed by atoms with Crippen LogP contribution in [0, 0.1) is 10.1 Å². The number of hydrogen-bond donors (Lipinski definition) is 3. The number of nitrogens with one attached hydrogen (secondary N) is 2. The van der Waals surface area contributed by atoms with Crippen molar-refractivity contribution >= 4 is 33.5 Å². The Bertz CT molecular complexity index is 1240. The van der Waals surface area contributed by atoms with Gasteiger partial charge in [0.15, 0.2) is 0 Å². The van der Waals surface area contributed by atoms with Gasteiger partial charge in [-0.1, -0.05) is 18.2 Å². The van der Waals surface area contributed by atoms with E-state index in [4.69, 9.17) is 0 Å². The molecule has 0 aliphatic carbocycles. The fourth-order valence-electron chi connectivity index (χ4n) is 2.49. The van der Waals surface area contributed by atoms with Gasteiger partial charge in [-0.05, 0) is 42.5 Å². The largest absolute Gasteiger partial charge is 0.507 e. The zero-order chi connectivity index (χ0) is 22.4. The molecule has 0 saturated heterocycles. The monoisotopic (exact) mass is 440 g/mol. The van der Waals surface area contributed by atoms with Gasteiger partial charge < -0.3 is 5.11 Å². The van der Waals surface area contributed by atoms with Gasteiger partial charge in [0.25, 0.3) is 21.6 Å². The molecule has 158 valence electrons. The van der Waals surface area contributed by atoms with Crippen molar-refractivity contribution in [2.75, 3.05) is 4.72 Å². The number of sulfonamides is 1. The maximum absolute atomic E-state index is 12.3. The number of phenolic OH excluding ortho intramolecular Hbond substituents is 1. The third-order valence-electron chi connectivity index (χ3n) is 4.04. The molecule has 0 atom stereocenters. The number of aromatic hydroxyl groups is 1. The average molecular weight is 440 g/mol. The molecule has 0 radical (unpaired) electrons. The van der Waals surface area contributed by atoms with Crippen LogP contribution in [0.1, 0.15) is 15.9 Å². The first-order valence-electron chi connectivity index (χ1n) is 8.75. The van der Waals surface area contributed by atoms with E-state index in [9.17, 15) is 28.4 Å². The first-order valence-corrected chi connectivity index (χ1v) is 10.2. The molecule has 0 unspecified atom stereocenters. The lowest BCUT2D eigenvalue weighted by molar-refractivity contribution is -0.384. The molecule has 3 N–H and O–H groups in total. The van der Waals surface area contributed by atoms with Gasteiger partial charge >= 0.3 is 0 Å². The number of hydrazone groups is 1. The maximum atomic E-state index is 12.3. The highest BCUT2D eigenvalue weighted by atomic mass is 32.2. The summed E-state index contributed by atoms with van der Waals surface area (Å²) in [5, 5.41) is 24.2. The fourth-order valence-corrected chi connectivity index (χ4v) is 3.57. The third-order valence-corrected chi connectivity index (χ3v) is 5.44. The van der Waals surface area contributed by atoms with E-state index in [1.165, 1.54) is 36.4 Å². The zero-order valence-corrected chi connectivity index (χ0v) is 16.6. The summed E-state index contributed by atoms with van der Waals surface area (Å²) in [6.07, 6.45) is 1.07. The normalized spacial score (nSPS) is 11.2. The summed E-state index contributed by atoms with van der Waals surface area (Å²) in [7, 11) is -3.75. The van der Waals surface area contributed by atoms with E-state index >= 15 is 0 Å². The Morgan fingerprint density at radius 2 is 1.71 bits per heavy atom. The number of phenols is 1. The van der Waals surface area contributed by atoms with Crippen LogP contribution in [-0.4, -0.2) is 30.6 Å². The number of nitro groups is 1. The van der Waals surface area contributed by atoms with E-state index in [1.807, 2.05) is 0 Å². The molecule has 3 rings (SSSR count). The summed E-state index contributed by atoms with van der Waals surface area (Å²) < 4.78 is 27.0. The second kappa shape index (κ2) is 9.05. The van der Waals surface area contributed by atoms with Crippen molar-refractivity contribution in [1.29, 1.82) is 0 Å². The smallest absolute Gasteiger partial charge is 0.271 e. The number of amides is 1. The van der Waals surface area contributed by atoms with Gasteiger partial charge in [-0.3, -0.25) is 19.6 Å². The molecule has 1 amide bonds. The van der Waals surface area contributed by atoms with Crippen LogP contribution < -0.4 is 10.1 Å².